The van der Waals surface area contributed by atoms with Crippen LogP contribution < -0.4 is 11.1 Å². The average Bonchev–Trinajstić information content (AvgIpc) is 2.35. The molecule has 0 atom stereocenters. The molecule has 0 aliphatic rings. The molecule has 0 saturated carbocycles. The van der Waals surface area contributed by atoms with Crippen LogP contribution in [-0.4, -0.2) is 0 Å². The molecule has 5 heteroatoms. The molecular weight excluding hydrogens is 270 g/mol. The topological polar surface area (TPSA) is 38.0 Å². The van der Waals surface area contributed by atoms with Gasteiger partial charge in [0.1, 0.15) is 0 Å². The SMILES string of the molecule is Cc1cccc(Cl)c1Nc1ccc(N)cc1C(F)F. The maximum Gasteiger partial charge on any atom is 0.265 e. The summed E-state index contributed by atoms with van der Waals surface area (Å²) in [7, 11) is 0. The van der Waals surface area contributed by atoms with Crippen LogP contribution in [0.2, 0.25) is 5.02 Å². The third-order valence-electron chi connectivity index (χ3n) is 2.79. The van der Waals surface area contributed by atoms with Crippen molar-refractivity contribution < 1.29 is 8.78 Å². The molecule has 2 aromatic rings. The van der Waals surface area contributed by atoms with E-state index in [-0.39, 0.29) is 5.56 Å². The normalized spacial score (nSPS) is 10.8. The largest absolute Gasteiger partial charge is 0.399 e. The number of alkyl halides is 2. The minimum absolute atomic E-state index is 0.140. The van der Waals surface area contributed by atoms with E-state index in [1.165, 1.54) is 12.1 Å². The lowest BCUT2D eigenvalue weighted by Gasteiger charge is -2.15. The van der Waals surface area contributed by atoms with Crippen molar-refractivity contribution in [2.75, 3.05) is 11.1 Å². The Hall–Kier alpha value is -1.81. The molecule has 3 N–H and O–H groups in total. The average molecular weight is 283 g/mol. The highest BCUT2D eigenvalue weighted by molar-refractivity contribution is 6.33. The summed E-state index contributed by atoms with van der Waals surface area (Å²) in [5.74, 6) is 0. The van der Waals surface area contributed by atoms with Gasteiger partial charge in [-0.1, -0.05) is 23.7 Å². The summed E-state index contributed by atoms with van der Waals surface area (Å²) in [5, 5.41) is 3.43. The van der Waals surface area contributed by atoms with Gasteiger partial charge in [-0.15, -0.1) is 0 Å². The summed E-state index contributed by atoms with van der Waals surface area (Å²) < 4.78 is 26.0. The van der Waals surface area contributed by atoms with Gasteiger partial charge in [-0.05, 0) is 36.8 Å². The van der Waals surface area contributed by atoms with E-state index in [9.17, 15) is 8.78 Å². The van der Waals surface area contributed by atoms with Crippen molar-refractivity contribution >= 4 is 28.7 Å². The molecule has 2 nitrogen and oxygen atoms in total. The molecule has 0 saturated heterocycles. The molecule has 0 amide bonds. The Labute approximate surface area is 115 Å². The zero-order chi connectivity index (χ0) is 14.0. The van der Waals surface area contributed by atoms with Gasteiger partial charge in [0, 0.05) is 16.9 Å². The smallest absolute Gasteiger partial charge is 0.265 e. The van der Waals surface area contributed by atoms with Crippen LogP contribution in [0.1, 0.15) is 17.6 Å². The first-order valence-corrected chi connectivity index (χ1v) is 6.06. The zero-order valence-electron chi connectivity index (χ0n) is 10.3. The third kappa shape index (κ3) is 2.96. The third-order valence-corrected chi connectivity index (χ3v) is 3.11. The predicted molar refractivity (Wildman–Crippen MR) is 75.3 cm³/mol. The second-order valence-electron chi connectivity index (χ2n) is 4.20. The fourth-order valence-corrected chi connectivity index (χ4v) is 2.07. The molecule has 0 spiro atoms. The number of halogens is 3. The van der Waals surface area contributed by atoms with Gasteiger partial charge in [-0.3, -0.25) is 0 Å². The molecule has 0 unspecified atom stereocenters. The summed E-state index contributed by atoms with van der Waals surface area (Å²) in [6, 6.07) is 9.73. The molecule has 0 fully saturated rings. The van der Waals surface area contributed by atoms with Crippen LogP contribution in [0, 0.1) is 6.92 Å². The van der Waals surface area contributed by atoms with Crippen LogP contribution in [0.4, 0.5) is 25.8 Å². The van der Waals surface area contributed by atoms with Crippen LogP contribution in [-0.2, 0) is 0 Å². The number of para-hydroxylation sites is 1. The van der Waals surface area contributed by atoms with Gasteiger partial charge in [-0.25, -0.2) is 8.78 Å². The minimum Gasteiger partial charge on any atom is -0.399 e. The molecule has 0 radical (unpaired) electrons. The highest BCUT2D eigenvalue weighted by Crippen LogP contribution is 2.34. The van der Waals surface area contributed by atoms with Crippen molar-refractivity contribution in [2.45, 2.75) is 13.3 Å². The lowest BCUT2D eigenvalue weighted by Crippen LogP contribution is -2.00. The first-order chi connectivity index (χ1) is 8.99. The van der Waals surface area contributed by atoms with Gasteiger partial charge < -0.3 is 11.1 Å². The molecule has 0 aromatic heterocycles. The molecule has 0 aliphatic carbocycles. The van der Waals surface area contributed by atoms with Crippen LogP contribution in [0.15, 0.2) is 36.4 Å². The first kappa shape index (κ1) is 13.6. The molecule has 2 rings (SSSR count). The van der Waals surface area contributed by atoms with Gasteiger partial charge in [0.05, 0.1) is 10.7 Å². The van der Waals surface area contributed by atoms with Gasteiger partial charge in [0.15, 0.2) is 0 Å². The van der Waals surface area contributed by atoms with Gasteiger partial charge in [0.25, 0.3) is 6.43 Å². The molecule has 0 heterocycles. The predicted octanol–water partition coefficient (Wildman–Crippen LogP) is 4.91. The van der Waals surface area contributed by atoms with Crippen LogP contribution in [0.3, 0.4) is 0 Å². The van der Waals surface area contributed by atoms with Gasteiger partial charge in [0.2, 0.25) is 0 Å². The van der Waals surface area contributed by atoms with Crippen molar-refractivity contribution in [3.63, 3.8) is 0 Å². The number of nitrogen functional groups attached to an aromatic ring is 1. The Morgan fingerprint density at radius 1 is 1.21 bits per heavy atom. The van der Waals surface area contributed by atoms with E-state index in [0.29, 0.717) is 22.1 Å². The molecule has 19 heavy (non-hydrogen) atoms. The van der Waals surface area contributed by atoms with Crippen molar-refractivity contribution in [3.05, 3.63) is 52.5 Å². The van der Waals surface area contributed by atoms with E-state index in [1.54, 1.807) is 18.2 Å². The van der Waals surface area contributed by atoms with Crippen LogP contribution in [0.25, 0.3) is 0 Å². The van der Waals surface area contributed by atoms with Crippen LogP contribution in [0.5, 0.6) is 0 Å². The number of nitrogens with one attached hydrogen (secondary N) is 1. The summed E-state index contributed by atoms with van der Waals surface area (Å²) >= 11 is 6.07. The van der Waals surface area contributed by atoms with Crippen molar-refractivity contribution in [3.8, 4) is 0 Å². The van der Waals surface area contributed by atoms with E-state index in [2.05, 4.69) is 5.32 Å². The summed E-state index contributed by atoms with van der Waals surface area (Å²) in [4.78, 5) is 0. The van der Waals surface area contributed by atoms with E-state index >= 15 is 0 Å². The second kappa shape index (κ2) is 5.45. The first-order valence-electron chi connectivity index (χ1n) is 5.68. The molecule has 0 bridgehead atoms. The lowest BCUT2D eigenvalue weighted by molar-refractivity contribution is 0.152. The maximum atomic E-state index is 13.0. The highest BCUT2D eigenvalue weighted by atomic mass is 35.5. The zero-order valence-corrected chi connectivity index (χ0v) is 11.0. The summed E-state index contributed by atoms with van der Waals surface area (Å²) in [6.07, 6.45) is -2.60. The Kier molecular flexibility index (Phi) is 3.90. The number of rotatable bonds is 3. The van der Waals surface area contributed by atoms with E-state index < -0.39 is 6.43 Å². The Morgan fingerprint density at radius 3 is 2.58 bits per heavy atom. The molecule has 0 aliphatic heterocycles. The number of aryl methyl sites for hydroxylation is 1. The molecular formula is C14H13ClF2N2. The van der Waals surface area contributed by atoms with Crippen molar-refractivity contribution in [1.82, 2.24) is 0 Å². The Bertz CT molecular complexity index is 580. The van der Waals surface area contributed by atoms with Gasteiger partial charge >= 0.3 is 0 Å². The second-order valence-corrected chi connectivity index (χ2v) is 4.61. The summed E-state index contributed by atoms with van der Waals surface area (Å²) in [6.45, 7) is 1.85. The van der Waals surface area contributed by atoms with Crippen LogP contribution >= 0.6 is 11.6 Å². The maximum absolute atomic E-state index is 13.0. The van der Waals surface area contributed by atoms with E-state index in [1.807, 2.05) is 13.0 Å². The van der Waals surface area contributed by atoms with E-state index in [0.717, 1.165) is 5.56 Å². The molecule has 100 valence electrons. The molecule has 2 aromatic carbocycles. The van der Waals surface area contributed by atoms with E-state index in [4.69, 9.17) is 17.3 Å². The summed E-state index contributed by atoms with van der Waals surface area (Å²) in [5.41, 5.74) is 7.50. The fraction of sp³-hybridized carbons (Fsp3) is 0.143. The fourth-order valence-electron chi connectivity index (χ4n) is 1.80. The number of benzene rings is 2. The minimum atomic E-state index is -2.60. The number of nitrogens with two attached hydrogens (primary N) is 1. The standard InChI is InChI=1S/C14H13ClF2N2/c1-8-3-2-4-11(15)13(8)19-12-6-5-9(18)7-10(12)14(16)17/h2-7,14,19H,18H2,1H3. The van der Waals surface area contributed by atoms with Gasteiger partial charge in [-0.2, -0.15) is 0 Å². The number of hydrogen-bond donors (Lipinski definition) is 2. The Morgan fingerprint density at radius 2 is 1.95 bits per heavy atom. The quantitative estimate of drug-likeness (QED) is 0.785. The lowest BCUT2D eigenvalue weighted by atomic mass is 10.1. The number of anilines is 3. The number of hydrogen-bond acceptors (Lipinski definition) is 2. The van der Waals surface area contributed by atoms with Crippen molar-refractivity contribution in [1.29, 1.82) is 0 Å². The Balaban J connectivity index is 2.44. The monoisotopic (exact) mass is 282 g/mol. The van der Waals surface area contributed by atoms with Crippen molar-refractivity contribution in [2.24, 2.45) is 0 Å². The highest BCUT2D eigenvalue weighted by Gasteiger charge is 2.15.